The second-order valence-electron chi connectivity index (χ2n) is 2.80. The van der Waals surface area contributed by atoms with Crippen molar-refractivity contribution in [1.29, 1.82) is 0 Å². The lowest BCUT2D eigenvalue weighted by atomic mass is 10.1. The van der Waals surface area contributed by atoms with Crippen molar-refractivity contribution in [2.75, 3.05) is 0 Å². The number of hydrogen-bond acceptors (Lipinski definition) is 2. The Kier molecular flexibility index (Phi) is 2.33. The van der Waals surface area contributed by atoms with Crippen LogP contribution in [0, 0.1) is 12.7 Å². The lowest BCUT2D eigenvalue weighted by Crippen LogP contribution is -1.97. The van der Waals surface area contributed by atoms with E-state index < -0.39 is 11.9 Å². The largest absolute Gasteiger partial charge is 0.507 e. The highest BCUT2D eigenvalue weighted by atomic mass is 19.1. The van der Waals surface area contributed by atoms with Gasteiger partial charge in [0.25, 0.3) is 0 Å². The third-order valence-corrected chi connectivity index (χ3v) is 1.78. The van der Waals surface area contributed by atoms with E-state index in [1.807, 2.05) is 0 Å². The predicted molar refractivity (Wildman–Crippen MR) is 43.4 cm³/mol. The second-order valence-corrected chi connectivity index (χ2v) is 2.80. The van der Waals surface area contributed by atoms with Crippen LogP contribution in [0.4, 0.5) is 4.39 Å². The fraction of sp³-hybridized carbons (Fsp3) is 0.333. The zero-order valence-corrected chi connectivity index (χ0v) is 7.00. The maximum absolute atomic E-state index is 13.0. The quantitative estimate of drug-likeness (QED) is 0.675. The summed E-state index contributed by atoms with van der Waals surface area (Å²) in [5, 5.41) is 18.5. The summed E-state index contributed by atoms with van der Waals surface area (Å²) in [5.41, 5.74) is 0.530. The fourth-order valence-electron chi connectivity index (χ4n) is 1.09. The first kappa shape index (κ1) is 9.00. The van der Waals surface area contributed by atoms with Gasteiger partial charge in [-0.1, -0.05) is 6.07 Å². The van der Waals surface area contributed by atoms with Gasteiger partial charge in [0.2, 0.25) is 0 Å². The average Bonchev–Trinajstić information content (AvgIpc) is 1.97. The van der Waals surface area contributed by atoms with Gasteiger partial charge in [-0.05, 0) is 25.5 Å². The van der Waals surface area contributed by atoms with Crippen LogP contribution in [0.1, 0.15) is 24.2 Å². The number of aryl methyl sites for hydroxylation is 1. The van der Waals surface area contributed by atoms with Crippen LogP contribution in [0.25, 0.3) is 0 Å². The molecule has 12 heavy (non-hydrogen) atoms. The maximum atomic E-state index is 13.0. The predicted octanol–water partition coefficient (Wildman–Crippen LogP) is 1.89. The van der Waals surface area contributed by atoms with E-state index in [0.717, 1.165) is 0 Å². The van der Waals surface area contributed by atoms with E-state index in [1.165, 1.54) is 19.1 Å². The minimum atomic E-state index is -0.982. The normalized spacial score (nSPS) is 13.0. The van der Waals surface area contributed by atoms with E-state index in [4.69, 9.17) is 5.11 Å². The van der Waals surface area contributed by atoms with Crippen LogP contribution in [0.5, 0.6) is 5.75 Å². The Morgan fingerprint density at radius 3 is 2.42 bits per heavy atom. The molecule has 1 aromatic rings. The van der Waals surface area contributed by atoms with Gasteiger partial charge in [0.15, 0.2) is 0 Å². The van der Waals surface area contributed by atoms with Crippen molar-refractivity contribution in [2.24, 2.45) is 0 Å². The van der Waals surface area contributed by atoms with Gasteiger partial charge in [0, 0.05) is 0 Å². The van der Waals surface area contributed by atoms with Crippen molar-refractivity contribution in [3.8, 4) is 5.75 Å². The van der Waals surface area contributed by atoms with Crippen LogP contribution < -0.4 is 0 Å². The van der Waals surface area contributed by atoms with Gasteiger partial charge in [-0.3, -0.25) is 0 Å². The molecule has 0 saturated carbocycles. The van der Waals surface area contributed by atoms with E-state index >= 15 is 0 Å². The molecule has 0 saturated heterocycles. The van der Waals surface area contributed by atoms with Gasteiger partial charge in [-0.25, -0.2) is 4.39 Å². The summed E-state index contributed by atoms with van der Waals surface area (Å²) in [6.07, 6.45) is -0.982. The van der Waals surface area contributed by atoms with Gasteiger partial charge in [-0.15, -0.1) is 0 Å². The summed E-state index contributed by atoms with van der Waals surface area (Å²) >= 11 is 0. The second kappa shape index (κ2) is 3.11. The number of halogens is 1. The topological polar surface area (TPSA) is 40.5 Å². The van der Waals surface area contributed by atoms with Crippen LogP contribution in [-0.4, -0.2) is 10.2 Å². The number of rotatable bonds is 1. The highest BCUT2D eigenvalue weighted by Gasteiger charge is 2.14. The third-order valence-electron chi connectivity index (χ3n) is 1.78. The van der Waals surface area contributed by atoms with Crippen LogP contribution in [0.15, 0.2) is 12.1 Å². The highest BCUT2D eigenvalue weighted by molar-refractivity contribution is 5.41. The first-order valence-corrected chi connectivity index (χ1v) is 3.70. The Labute approximate surface area is 70.3 Å². The van der Waals surface area contributed by atoms with Crippen molar-refractivity contribution >= 4 is 0 Å². The molecular formula is C9H11FO2. The monoisotopic (exact) mass is 170 g/mol. The molecule has 0 fully saturated rings. The molecular weight excluding hydrogens is 159 g/mol. The lowest BCUT2D eigenvalue weighted by Gasteiger charge is -2.10. The number of phenolic OH excluding ortho intramolecular Hbond substituents is 1. The summed E-state index contributed by atoms with van der Waals surface area (Å²) in [7, 11) is 0. The zero-order valence-electron chi connectivity index (χ0n) is 7.00. The number of aliphatic hydroxyl groups is 1. The van der Waals surface area contributed by atoms with Gasteiger partial charge in [-0.2, -0.15) is 0 Å². The molecule has 1 atom stereocenters. The molecule has 66 valence electrons. The van der Waals surface area contributed by atoms with Gasteiger partial charge >= 0.3 is 0 Å². The van der Waals surface area contributed by atoms with Gasteiger partial charge in [0.05, 0.1) is 11.7 Å². The summed E-state index contributed by atoms with van der Waals surface area (Å²) in [4.78, 5) is 0. The molecule has 0 spiro atoms. The minimum Gasteiger partial charge on any atom is -0.507 e. The number of hydrogen-bond donors (Lipinski definition) is 2. The lowest BCUT2D eigenvalue weighted by molar-refractivity contribution is 0.189. The van der Waals surface area contributed by atoms with E-state index in [9.17, 15) is 9.50 Å². The molecule has 1 unspecified atom stereocenters. The van der Waals surface area contributed by atoms with E-state index in [1.54, 1.807) is 6.92 Å². The molecule has 1 rings (SSSR count). The van der Waals surface area contributed by atoms with Crippen molar-refractivity contribution in [3.05, 3.63) is 29.1 Å². The minimum absolute atomic E-state index is 0.0324. The summed E-state index contributed by atoms with van der Waals surface area (Å²) in [6.45, 7) is 3.07. The first-order chi connectivity index (χ1) is 5.54. The standard InChI is InChI=1S/C9H11FO2/c1-5-3-4-7(10)8(6(2)11)9(5)12/h3-4,6,11-12H,1-2H3. The van der Waals surface area contributed by atoms with Crippen molar-refractivity contribution in [3.63, 3.8) is 0 Å². The molecule has 0 bridgehead atoms. The van der Waals surface area contributed by atoms with E-state index in [-0.39, 0.29) is 11.3 Å². The molecule has 0 radical (unpaired) electrons. The Morgan fingerprint density at radius 1 is 1.42 bits per heavy atom. The molecule has 0 heterocycles. The maximum Gasteiger partial charge on any atom is 0.132 e. The van der Waals surface area contributed by atoms with Crippen LogP contribution in [0.2, 0.25) is 0 Å². The average molecular weight is 170 g/mol. The van der Waals surface area contributed by atoms with Crippen molar-refractivity contribution in [1.82, 2.24) is 0 Å². The third kappa shape index (κ3) is 1.41. The molecule has 0 amide bonds. The van der Waals surface area contributed by atoms with Crippen molar-refractivity contribution < 1.29 is 14.6 Å². The zero-order chi connectivity index (χ0) is 9.30. The molecule has 3 heteroatoms. The Bertz CT molecular complexity index is 295. The molecule has 0 aliphatic rings. The van der Waals surface area contributed by atoms with Crippen LogP contribution >= 0.6 is 0 Å². The summed E-state index contributed by atoms with van der Waals surface area (Å²) in [5.74, 6) is -0.738. The molecule has 2 nitrogen and oxygen atoms in total. The van der Waals surface area contributed by atoms with Crippen LogP contribution in [-0.2, 0) is 0 Å². The fourth-order valence-corrected chi connectivity index (χ4v) is 1.09. The van der Waals surface area contributed by atoms with E-state index in [2.05, 4.69) is 0 Å². The highest BCUT2D eigenvalue weighted by Crippen LogP contribution is 2.29. The number of benzene rings is 1. The molecule has 1 aromatic carbocycles. The number of aromatic hydroxyl groups is 1. The molecule has 2 N–H and O–H groups in total. The Balaban J connectivity index is 3.33. The first-order valence-electron chi connectivity index (χ1n) is 3.70. The van der Waals surface area contributed by atoms with E-state index in [0.29, 0.717) is 5.56 Å². The number of phenols is 1. The molecule has 0 aromatic heterocycles. The Hall–Kier alpha value is -1.09. The number of aliphatic hydroxyl groups excluding tert-OH is 1. The van der Waals surface area contributed by atoms with Gasteiger partial charge in [0.1, 0.15) is 11.6 Å². The molecule has 0 aliphatic heterocycles. The summed E-state index contributed by atoms with van der Waals surface area (Å²) in [6, 6.07) is 2.70. The Morgan fingerprint density at radius 2 is 2.00 bits per heavy atom. The molecule has 0 aliphatic carbocycles. The summed E-state index contributed by atoms with van der Waals surface area (Å²) < 4.78 is 13.0. The SMILES string of the molecule is Cc1ccc(F)c(C(C)O)c1O. The van der Waals surface area contributed by atoms with Gasteiger partial charge < -0.3 is 10.2 Å². The van der Waals surface area contributed by atoms with Crippen LogP contribution in [0.3, 0.4) is 0 Å². The smallest absolute Gasteiger partial charge is 0.132 e. The van der Waals surface area contributed by atoms with Crippen molar-refractivity contribution in [2.45, 2.75) is 20.0 Å².